The monoisotopic (exact) mass is 414 g/mol. The van der Waals surface area contributed by atoms with E-state index in [9.17, 15) is 14.4 Å². The molecule has 1 saturated heterocycles. The molecule has 0 aliphatic carbocycles. The van der Waals surface area contributed by atoms with Gasteiger partial charge in [-0.1, -0.05) is 24.3 Å². The van der Waals surface area contributed by atoms with Gasteiger partial charge >= 0.3 is 12.1 Å². The second-order valence-electron chi connectivity index (χ2n) is 7.16. The normalized spacial score (nSPS) is 19.7. The maximum Gasteiger partial charge on any atom is 0.417 e. The summed E-state index contributed by atoms with van der Waals surface area (Å²) in [7, 11) is 2.87. The molecule has 3 rings (SSSR count). The Morgan fingerprint density at radius 2 is 1.80 bits per heavy atom. The highest BCUT2D eigenvalue weighted by atomic mass is 16.6. The number of likely N-dealkylation sites (tertiary alicyclic amines) is 1. The summed E-state index contributed by atoms with van der Waals surface area (Å²) in [4.78, 5) is 40.7. The molecule has 1 spiro atoms. The number of nitrogens with zero attached hydrogens (tertiary/aromatic N) is 2. The van der Waals surface area contributed by atoms with E-state index in [4.69, 9.17) is 14.2 Å². The molecule has 2 amide bonds. The molecule has 1 atom stereocenters. The molecule has 160 valence electrons. The maximum absolute atomic E-state index is 13.3. The van der Waals surface area contributed by atoms with Crippen LogP contribution in [-0.2, 0) is 25.6 Å². The summed E-state index contributed by atoms with van der Waals surface area (Å²) < 4.78 is 15.1. The third-order valence-electron chi connectivity index (χ3n) is 5.45. The first-order valence-electron chi connectivity index (χ1n) is 9.77. The van der Waals surface area contributed by atoms with Crippen molar-refractivity contribution in [3.05, 3.63) is 54.4 Å². The van der Waals surface area contributed by atoms with Crippen LogP contribution in [0.2, 0.25) is 0 Å². The van der Waals surface area contributed by atoms with Crippen LogP contribution in [0.15, 0.2) is 48.8 Å². The van der Waals surface area contributed by atoms with Gasteiger partial charge in [0.2, 0.25) is 5.91 Å². The van der Waals surface area contributed by atoms with Crippen LogP contribution in [0.3, 0.4) is 0 Å². The van der Waals surface area contributed by atoms with Gasteiger partial charge in [-0.05, 0) is 31.0 Å². The molecule has 0 bridgehead atoms. The van der Waals surface area contributed by atoms with Crippen molar-refractivity contribution >= 4 is 18.0 Å². The van der Waals surface area contributed by atoms with Crippen molar-refractivity contribution in [1.29, 1.82) is 0 Å². The second kappa shape index (κ2) is 9.02. The molecular weight excluding hydrogens is 388 g/mol. The van der Waals surface area contributed by atoms with Gasteiger partial charge in [-0.3, -0.25) is 14.5 Å². The Hall–Kier alpha value is -3.29. The van der Waals surface area contributed by atoms with Crippen molar-refractivity contribution < 1.29 is 28.6 Å². The standard InChI is InChI=1S/C22H26N2O6/c1-4-30-21(27)23-12-9-22(10-13-23)11-14-24(19(25)18(22)20(26)29-3)15-16-5-7-17(28-2)8-6-16/h5-10,12-13,18H,4,11,14-15H2,1-3H3. The topological polar surface area (TPSA) is 85.4 Å². The molecule has 8 heteroatoms. The quantitative estimate of drug-likeness (QED) is 0.544. The minimum Gasteiger partial charge on any atom is -0.497 e. The van der Waals surface area contributed by atoms with Crippen molar-refractivity contribution in [2.45, 2.75) is 19.9 Å². The Bertz CT molecular complexity index is 847. The molecule has 1 unspecified atom stereocenters. The molecule has 30 heavy (non-hydrogen) atoms. The minimum absolute atomic E-state index is 0.256. The summed E-state index contributed by atoms with van der Waals surface area (Å²) >= 11 is 0. The number of allylic oxidation sites excluding steroid dienone is 2. The van der Waals surface area contributed by atoms with Crippen LogP contribution in [0.4, 0.5) is 4.79 Å². The van der Waals surface area contributed by atoms with Crippen molar-refractivity contribution in [1.82, 2.24) is 9.80 Å². The Morgan fingerprint density at radius 1 is 1.13 bits per heavy atom. The second-order valence-corrected chi connectivity index (χ2v) is 7.16. The highest BCUT2D eigenvalue weighted by Gasteiger charge is 2.51. The smallest absolute Gasteiger partial charge is 0.417 e. The SMILES string of the molecule is CCOC(=O)N1C=CC2(C=C1)CCN(Cc1ccc(OC)cc1)C(=O)C2C(=O)OC. The molecule has 1 aromatic carbocycles. The lowest BCUT2D eigenvalue weighted by Gasteiger charge is -2.43. The first-order valence-corrected chi connectivity index (χ1v) is 9.77. The number of benzene rings is 1. The first-order chi connectivity index (χ1) is 14.4. The summed E-state index contributed by atoms with van der Waals surface area (Å²) in [5.41, 5.74) is 0.0933. The van der Waals surface area contributed by atoms with Gasteiger partial charge in [0, 0.05) is 30.9 Å². The van der Waals surface area contributed by atoms with Gasteiger partial charge in [0.25, 0.3) is 0 Å². The number of methoxy groups -OCH3 is 2. The molecule has 1 aromatic rings. The average Bonchev–Trinajstić information content (AvgIpc) is 2.77. The lowest BCUT2D eigenvalue weighted by atomic mass is 9.68. The molecular formula is C22H26N2O6. The highest BCUT2D eigenvalue weighted by molar-refractivity contribution is 6.00. The number of rotatable bonds is 5. The van der Waals surface area contributed by atoms with E-state index >= 15 is 0 Å². The third kappa shape index (κ3) is 4.17. The van der Waals surface area contributed by atoms with E-state index in [0.29, 0.717) is 19.5 Å². The third-order valence-corrected chi connectivity index (χ3v) is 5.45. The van der Waals surface area contributed by atoms with Gasteiger partial charge in [0.1, 0.15) is 11.7 Å². The van der Waals surface area contributed by atoms with Gasteiger partial charge in [-0.15, -0.1) is 0 Å². The number of esters is 1. The summed E-state index contributed by atoms with van der Waals surface area (Å²) in [5.74, 6) is -1.19. The van der Waals surface area contributed by atoms with Gasteiger partial charge in [-0.25, -0.2) is 4.79 Å². The fourth-order valence-electron chi connectivity index (χ4n) is 3.76. The number of hydrogen-bond donors (Lipinski definition) is 0. The number of piperidine rings is 1. The summed E-state index contributed by atoms with van der Waals surface area (Å²) in [6.07, 6.45) is 6.53. The van der Waals surface area contributed by atoms with E-state index in [1.54, 1.807) is 43.5 Å². The Morgan fingerprint density at radius 3 is 2.37 bits per heavy atom. The van der Waals surface area contributed by atoms with Crippen molar-refractivity contribution in [3.8, 4) is 5.75 Å². The molecule has 1 fully saturated rings. The number of hydrogen-bond acceptors (Lipinski definition) is 6. The van der Waals surface area contributed by atoms with Crippen LogP contribution in [-0.4, -0.2) is 55.1 Å². The minimum atomic E-state index is -1.02. The molecule has 0 radical (unpaired) electrons. The zero-order chi connectivity index (χ0) is 21.7. The summed E-state index contributed by atoms with van der Waals surface area (Å²) in [6, 6.07) is 7.45. The zero-order valence-corrected chi connectivity index (χ0v) is 17.4. The summed E-state index contributed by atoms with van der Waals surface area (Å²) in [5, 5.41) is 0. The maximum atomic E-state index is 13.3. The fourth-order valence-corrected chi connectivity index (χ4v) is 3.76. The van der Waals surface area contributed by atoms with E-state index in [1.807, 2.05) is 24.3 Å². The van der Waals surface area contributed by atoms with E-state index in [0.717, 1.165) is 11.3 Å². The van der Waals surface area contributed by atoms with E-state index in [2.05, 4.69) is 0 Å². The van der Waals surface area contributed by atoms with Crippen molar-refractivity contribution in [2.75, 3.05) is 27.4 Å². The van der Waals surface area contributed by atoms with Crippen LogP contribution in [0.5, 0.6) is 5.75 Å². The van der Waals surface area contributed by atoms with Crippen molar-refractivity contribution in [2.24, 2.45) is 11.3 Å². The predicted molar refractivity (Wildman–Crippen MR) is 108 cm³/mol. The average molecular weight is 414 g/mol. The van der Waals surface area contributed by atoms with Crippen LogP contribution >= 0.6 is 0 Å². The first kappa shape index (κ1) is 21.4. The number of carbonyl (C=O) groups is 3. The van der Waals surface area contributed by atoms with Crippen LogP contribution in [0.1, 0.15) is 18.9 Å². The van der Waals surface area contributed by atoms with E-state index in [1.165, 1.54) is 12.0 Å². The lowest BCUT2D eigenvalue weighted by Crippen LogP contribution is -2.53. The Kier molecular flexibility index (Phi) is 6.44. The number of ether oxygens (including phenoxy) is 3. The molecule has 0 aromatic heterocycles. The van der Waals surface area contributed by atoms with Crippen LogP contribution < -0.4 is 4.74 Å². The fraction of sp³-hybridized carbons (Fsp3) is 0.409. The van der Waals surface area contributed by atoms with Crippen LogP contribution in [0, 0.1) is 11.3 Å². The summed E-state index contributed by atoms with van der Waals surface area (Å²) in [6.45, 7) is 2.83. The molecule has 0 saturated carbocycles. The molecule has 2 heterocycles. The lowest BCUT2D eigenvalue weighted by molar-refractivity contribution is -0.161. The van der Waals surface area contributed by atoms with E-state index in [-0.39, 0.29) is 12.5 Å². The van der Waals surface area contributed by atoms with Crippen LogP contribution in [0.25, 0.3) is 0 Å². The molecule has 2 aliphatic rings. The van der Waals surface area contributed by atoms with Crippen molar-refractivity contribution in [3.63, 3.8) is 0 Å². The predicted octanol–water partition coefficient (Wildman–Crippen LogP) is 2.70. The number of amides is 2. The highest BCUT2D eigenvalue weighted by Crippen LogP contribution is 2.43. The number of carbonyl (C=O) groups excluding carboxylic acids is 3. The van der Waals surface area contributed by atoms with E-state index < -0.39 is 23.4 Å². The van der Waals surface area contributed by atoms with Gasteiger partial charge < -0.3 is 19.1 Å². The molecule has 8 nitrogen and oxygen atoms in total. The zero-order valence-electron chi connectivity index (χ0n) is 17.4. The largest absolute Gasteiger partial charge is 0.497 e. The van der Waals surface area contributed by atoms with Gasteiger partial charge in [0.15, 0.2) is 0 Å². The molecule has 0 N–H and O–H groups in total. The van der Waals surface area contributed by atoms with Gasteiger partial charge in [-0.2, -0.15) is 0 Å². The Labute approximate surface area is 175 Å². The molecule has 2 aliphatic heterocycles. The Balaban J connectivity index is 1.80. The van der Waals surface area contributed by atoms with Gasteiger partial charge in [0.05, 0.1) is 20.8 Å².